The largest absolute Gasteiger partial charge is 0.372 e. The van der Waals surface area contributed by atoms with Crippen LogP contribution in [0, 0.1) is 11.3 Å². The van der Waals surface area contributed by atoms with E-state index in [1.807, 2.05) is 12.1 Å². The number of hydrogen-bond donors (Lipinski definition) is 2. The third-order valence-corrected chi connectivity index (χ3v) is 5.19. The van der Waals surface area contributed by atoms with Crippen molar-refractivity contribution < 1.29 is 4.79 Å². The standard InChI is InChI=1S/C23H21N5O2/c24-14-16-8-9-25-20(12-16)18-13-21(23(30)26-15-18)27-22(29)17-4-6-19(7-5-17)28-10-2-1-3-11-28/h4-9,12-13,15H,1-3,10-11H2,(H,26,30)(H,27,29). The molecule has 0 unspecified atom stereocenters. The summed E-state index contributed by atoms with van der Waals surface area (Å²) in [7, 11) is 0. The van der Waals surface area contributed by atoms with Crippen LogP contribution in [-0.4, -0.2) is 29.0 Å². The van der Waals surface area contributed by atoms with Crippen LogP contribution in [0.5, 0.6) is 0 Å². The van der Waals surface area contributed by atoms with Gasteiger partial charge in [0, 0.05) is 42.3 Å². The number of H-pyrrole nitrogens is 1. The zero-order valence-corrected chi connectivity index (χ0v) is 16.4. The Balaban J connectivity index is 1.53. The highest BCUT2D eigenvalue weighted by molar-refractivity contribution is 6.04. The van der Waals surface area contributed by atoms with Crippen LogP contribution in [-0.2, 0) is 0 Å². The van der Waals surface area contributed by atoms with Crippen molar-refractivity contribution in [2.24, 2.45) is 0 Å². The summed E-state index contributed by atoms with van der Waals surface area (Å²) >= 11 is 0. The van der Waals surface area contributed by atoms with Gasteiger partial charge in [-0.1, -0.05) is 0 Å². The first-order valence-electron chi connectivity index (χ1n) is 9.90. The van der Waals surface area contributed by atoms with Crippen molar-refractivity contribution >= 4 is 17.3 Å². The fourth-order valence-electron chi connectivity index (χ4n) is 3.55. The molecule has 30 heavy (non-hydrogen) atoms. The normalized spacial score (nSPS) is 13.5. The number of benzene rings is 1. The van der Waals surface area contributed by atoms with Gasteiger partial charge in [0.05, 0.1) is 17.3 Å². The number of hydrogen-bond acceptors (Lipinski definition) is 5. The Morgan fingerprint density at radius 2 is 1.87 bits per heavy atom. The predicted octanol–water partition coefficient (Wildman–Crippen LogP) is 3.55. The molecule has 0 spiro atoms. The molecule has 0 bridgehead atoms. The van der Waals surface area contributed by atoms with E-state index in [2.05, 4.69) is 26.3 Å². The minimum atomic E-state index is -0.409. The molecule has 0 aliphatic carbocycles. The SMILES string of the molecule is N#Cc1ccnc(-c2c[nH]c(=O)c(NC(=O)c3ccc(N4CCCCC4)cc3)c2)c1. The van der Waals surface area contributed by atoms with Crippen LogP contribution in [0.15, 0.2) is 59.7 Å². The summed E-state index contributed by atoms with van der Waals surface area (Å²) < 4.78 is 0. The van der Waals surface area contributed by atoms with Crippen molar-refractivity contribution in [1.82, 2.24) is 9.97 Å². The van der Waals surface area contributed by atoms with Crippen LogP contribution < -0.4 is 15.8 Å². The van der Waals surface area contributed by atoms with E-state index in [0.29, 0.717) is 22.4 Å². The van der Waals surface area contributed by atoms with E-state index in [1.165, 1.54) is 31.7 Å². The Bertz CT molecular complexity index is 1160. The smallest absolute Gasteiger partial charge is 0.271 e. The molecule has 0 saturated carbocycles. The zero-order valence-electron chi connectivity index (χ0n) is 16.4. The summed E-state index contributed by atoms with van der Waals surface area (Å²) in [6, 6.07) is 14.3. The number of amides is 1. The number of aromatic nitrogens is 2. The molecule has 7 heteroatoms. The lowest BCUT2D eigenvalue weighted by Crippen LogP contribution is -2.29. The summed E-state index contributed by atoms with van der Waals surface area (Å²) in [4.78, 5) is 34.0. The van der Waals surface area contributed by atoms with Crippen molar-refractivity contribution in [3.63, 3.8) is 0 Å². The molecule has 7 nitrogen and oxygen atoms in total. The molecule has 1 aliphatic rings. The van der Waals surface area contributed by atoms with Gasteiger partial charge in [-0.2, -0.15) is 5.26 Å². The van der Waals surface area contributed by atoms with Gasteiger partial charge in [0.25, 0.3) is 11.5 Å². The van der Waals surface area contributed by atoms with E-state index in [-0.39, 0.29) is 11.6 Å². The monoisotopic (exact) mass is 399 g/mol. The highest BCUT2D eigenvalue weighted by Crippen LogP contribution is 2.21. The lowest BCUT2D eigenvalue weighted by atomic mass is 10.1. The van der Waals surface area contributed by atoms with Gasteiger partial charge in [-0.3, -0.25) is 14.6 Å². The fourth-order valence-corrected chi connectivity index (χ4v) is 3.55. The molecular formula is C23H21N5O2. The number of nitrogens with one attached hydrogen (secondary N) is 2. The van der Waals surface area contributed by atoms with Crippen LogP contribution in [0.1, 0.15) is 35.2 Å². The van der Waals surface area contributed by atoms with E-state index >= 15 is 0 Å². The Kier molecular flexibility index (Phi) is 5.57. The van der Waals surface area contributed by atoms with Gasteiger partial charge in [-0.05, 0) is 61.7 Å². The summed E-state index contributed by atoms with van der Waals surface area (Å²) in [6.07, 6.45) is 6.68. The van der Waals surface area contributed by atoms with Crippen LogP contribution >= 0.6 is 0 Å². The number of piperidine rings is 1. The van der Waals surface area contributed by atoms with Crippen LogP contribution in [0.3, 0.4) is 0 Å². The molecule has 4 rings (SSSR count). The molecule has 2 N–H and O–H groups in total. The summed E-state index contributed by atoms with van der Waals surface area (Å²) in [6.45, 7) is 2.07. The molecule has 1 fully saturated rings. The molecule has 0 radical (unpaired) electrons. The summed E-state index contributed by atoms with van der Waals surface area (Å²) in [5.74, 6) is -0.360. The van der Waals surface area contributed by atoms with Gasteiger partial charge in [-0.15, -0.1) is 0 Å². The molecule has 1 aromatic carbocycles. The average Bonchev–Trinajstić information content (AvgIpc) is 2.81. The van der Waals surface area contributed by atoms with E-state index in [0.717, 1.165) is 18.8 Å². The van der Waals surface area contributed by atoms with Crippen LogP contribution in [0.4, 0.5) is 11.4 Å². The first kappa shape index (κ1) is 19.4. The average molecular weight is 399 g/mol. The number of rotatable bonds is 4. The number of anilines is 2. The quantitative estimate of drug-likeness (QED) is 0.698. The van der Waals surface area contributed by atoms with Crippen LogP contribution in [0.25, 0.3) is 11.3 Å². The molecule has 0 atom stereocenters. The van der Waals surface area contributed by atoms with Gasteiger partial charge in [-0.25, -0.2) is 0 Å². The first-order chi connectivity index (χ1) is 14.6. The summed E-state index contributed by atoms with van der Waals surface area (Å²) in [5, 5.41) is 11.7. The van der Waals surface area contributed by atoms with Gasteiger partial charge in [0.1, 0.15) is 5.69 Å². The first-order valence-corrected chi connectivity index (χ1v) is 9.90. The molecule has 1 aliphatic heterocycles. The predicted molar refractivity (Wildman–Crippen MR) is 115 cm³/mol. The Morgan fingerprint density at radius 1 is 1.10 bits per heavy atom. The topological polar surface area (TPSA) is 102 Å². The molecule has 1 amide bonds. The van der Waals surface area contributed by atoms with E-state index in [4.69, 9.17) is 5.26 Å². The van der Waals surface area contributed by atoms with Gasteiger partial charge in [0.15, 0.2) is 0 Å². The van der Waals surface area contributed by atoms with E-state index in [1.54, 1.807) is 30.3 Å². The Hall–Kier alpha value is -3.92. The van der Waals surface area contributed by atoms with Crippen molar-refractivity contribution in [3.05, 3.63) is 76.3 Å². The van der Waals surface area contributed by atoms with Gasteiger partial charge >= 0.3 is 0 Å². The third-order valence-electron chi connectivity index (χ3n) is 5.19. The van der Waals surface area contributed by atoms with Gasteiger partial charge < -0.3 is 15.2 Å². The molecule has 2 aromatic heterocycles. The maximum atomic E-state index is 12.7. The van der Waals surface area contributed by atoms with Crippen molar-refractivity contribution in [2.75, 3.05) is 23.3 Å². The highest BCUT2D eigenvalue weighted by atomic mass is 16.2. The maximum Gasteiger partial charge on any atom is 0.271 e. The molecular weight excluding hydrogens is 378 g/mol. The Labute approximate surface area is 174 Å². The van der Waals surface area contributed by atoms with Gasteiger partial charge in [0.2, 0.25) is 0 Å². The fraction of sp³-hybridized carbons (Fsp3) is 0.217. The second kappa shape index (κ2) is 8.62. The van der Waals surface area contributed by atoms with E-state index < -0.39 is 5.56 Å². The van der Waals surface area contributed by atoms with Crippen molar-refractivity contribution in [3.8, 4) is 17.3 Å². The summed E-state index contributed by atoms with van der Waals surface area (Å²) in [5.41, 5.74) is 2.90. The zero-order chi connectivity index (χ0) is 20.9. The Morgan fingerprint density at radius 3 is 2.60 bits per heavy atom. The van der Waals surface area contributed by atoms with Crippen molar-refractivity contribution in [2.45, 2.75) is 19.3 Å². The minimum Gasteiger partial charge on any atom is -0.372 e. The number of nitrogens with zero attached hydrogens (tertiary/aromatic N) is 3. The number of carbonyl (C=O) groups is 1. The molecule has 150 valence electrons. The number of carbonyl (C=O) groups excluding carboxylic acids is 1. The van der Waals surface area contributed by atoms with E-state index in [9.17, 15) is 9.59 Å². The molecule has 3 aromatic rings. The highest BCUT2D eigenvalue weighted by Gasteiger charge is 2.14. The maximum absolute atomic E-state index is 12.7. The molecule has 1 saturated heterocycles. The minimum absolute atomic E-state index is 0.127. The number of pyridine rings is 2. The van der Waals surface area contributed by atoms with Crippen molar-refractivity contribution in [1.29, 1.82) is 5.26 Å². The second-order valence-corrected chi connectivity index (χ2v) is 7.22. The number of aromatic amines is 1. The lowest BCUT2D eigenvalue weighted by Gasteiger charge is -2.28. The lowest BCUT2D eigenvalue weighted by molar-refractivity contribution is 0.102. The third kappa shape index (κ3) is 4.23. The number of nitriles is 1. The van der Waals surface area contributed by atoms with Crippen LogP contribution in [0.2, 0.25) is 0 Å². The molecule has 3 heterocycles. The second-order valence-electron chi connectivity index (χ2n) is 7.22.